The van der Waals surface area contributed by atoms with Gasteiger partial charge in [-0.3, -0.25) is 0 Å². The van der Waals surface area contributed by atoms with Gasteiger partial charge in [-0.1, -0.05) is 72.3 Å². The van der Waals surface area contributed by atoms with Crippen molar-refractivity contribution >= 4 is 21.8 Å². The first-order valence-electron chi connectivity index (χ1n) is 12.3. The molecule has 0 N–H and O–H groups in total. The molecule has 5 aromatic carbocycles. The van der Waals surface area contributed by atoms with Crippen LogP contribution < -0.4 is 0 Å². The topological polar surface area (TPSA) is 43.9 Å². The Morgan fingerprint density at radius 1 is 0.514 bits per heavy atom. The third-order valence-electron chi connectivity index (χ3n) is 6.88. The van der Waals surface area contributed by atoms with Crippen LogP contribution in [-0.4, -0.2) is 14.8 Å². The standard InChI is InChI=1S/C33H23N3O/c1-22-11-13-24(14-12-22)32-34-35-33(37-32)25-15-18-27(19-16-25)36-30-10-6-5-9-28(30)29-21-26(17-20-31(29)36)23-7-3-2-4-8-23/h2-21H,1H3. The molecule has 0 amide bonds. The minimum absolute atomic E-state index is 0.511. The Morgan fingerprint density at radius 3 is 1.84 bits per heavy atom. The summed E-state index contributed by atoms with van der Waals surface area (Å²) in [6.45, 7) is 2.06. The van der Waals surface area contributed by atoms with Crippen LogP contribution in [0.5, 0.6) is 0 Å². The van der Waals surface area contributed by atoms with Gasteiger partial charge in [0.15, 0.2) is 0 Å². The van der Waals surface area contributed by atoms with E-state index in [1.54, 1.807) is 0 Å². The fraction of sp³-hybridized carbons (Fsp3) is 0.0303. The predicted molar refractivity (Wildman–Crippen MR) is 150 cm³/mol. The van der Waals surface area contributed by atoms with E-state index in [1.165, 1.54) is 38.5 Å². The lowest BCUT2D eigenvalue weighted by atomic mass is 10.0. The summed E-state index contributed by atoms with van der Waals surface area (Å²) in [6.07, 6.45) is 0. The van der Waals surface area contributed by atoms with Crippen molar-refractivity contribution in [3.8, 4) is 39.7 Å². The molecule has 37 heavy (non-hydrogen) atoms. The highest BCUT2D eigenvalue weighted by Gasteiger charge is 2.15. The molecule has 7 aromatic rings. The van der Waals surface area contributed by atoms with Gasteiger partial charge in [-0.15, -0.1) is 10.2 Å². The van der Waals surface area contributed by atoms with Gasteiger partial charge in [-0.25, -0.2) is 0 Å². The summed E-state index contributed by atoms with van der Waals surface area (Å²) >= 11 is 0. The Bertz CT molecular complexity index is 1860. The third-order valence-corrected chi connectivity index (χ3v) is 6.88. The maximum absolute atomic E-state index is 5.99. The number of benzene rings is 5. The van der Waals surface area contributed by atoms with Crippen molar-refractivity contribution in [3.63, 3.8) is 0 Å². The molecule has 7 rings (SSSR count). The fourth-order valence-corrected chi connectivity index (χ4v) is 4.97. The molecule has 0 aliphatic carbocycles. The molecular formula is C33H23N3O. The van der Waals surface area contributed by atoms with E-state index in [2.05, 4.69) is 107 Å². The summed E-state index contributed by atoms with van der Waals surface area (Å²) in [5.41, 5.74) is 8.87. The van der Waals surface area contributed by atoms with Gasteiger partial charge >= 0.3 is 0 Å². The number of hydrogen-bond donors (Lipinski definition) is 0. The predicted octanol–water partition coefficient (Wildman–Crippen LogP) is 8.48. The number of aromatic nitrogens is 3. The van der Waals surface area contributed by atoms with Crippen molar-refractivity contribution in [2.75, 3.05) is 0 Å². The Balaban J connectivity index is 1.29. The molecule has 4 nitrogen and oxygen atoms in total. The van der Waals surface area contributed by atoms with Gasteiger partial charge < -0.3 is 8.98 Å². The van der Waals surface area contributed by atoms with Crippen LogP contribution in [0, 0.1) is 6.92 Å². The molecule has 0 radical (unpaired) electrons. The van der Waals surface area contributed by atoms with Crippen molar-refractivity contribution < 1.29 is 4.42 Å². The highest BCUT2D eigenvalue weighted by Crippen LogP contribution is 2.35. The molecule has 2 heterocycles. The minimum Gasteiger partial charge on any atom is -0.416 e. The first-order valence-corrected chi connectivity index (χ1v) is 12.3. The van der Waals surface area contributed by atoms with Gasteiger partial charge in [-0.2, -0.15) is 0 Å². The lowest BCUT2D eigenvalue weighted by Gasteiger charge is -2.09. The Labute approximate surface area is 214 Å². The molecule has 0 saturated heterocycles. The van der Waals surface area contributed by atoms with E-state index >= 15 is 0 Å². The maximum Gasteiger partial charge on any atom is 0.248 e. The molecule has 0 aliphatic rings. The Hall–Kier alpha value is -4.96. The third kappa shape index (κ3) is 3.71. The van der Waals surface area contributed by atoms with Crippen molar-refractivity contribution in [1.82, 2.24) is 14.8 Å². The zero-order valence-corrected chi connectivity index (χ0v) is 20.3. The van der Waals surface area contributed by atoms with Crippen LogP contribution in [0.1, 0.15) is 5.56 Å². The molecule has 4 heteroatoms. The summed E-state index contributed by atoms with van der Waals surface area (Å²) in [6, 6.07) is 42.2. The van der Waals surface area contributed by atoms with E-state index in [0.29, 0.717) is 11.8 Å². The number of nitrogens with zero attached hydrogens (tertiary/aromatic N) is 3. The molecule has 0 spiro atoms. The molecule has 0 unspecified atom stereocenters. The van der Waals surface area contributed by atoms with E-state index in [4.69, 9.17) is 4.42 Å². The monoisotopic (exact) mass is 477 g/mol. The summed E-state index contributed by atoms with van der Waals surface area (Å²) in [7, 11) is 0. The van der Waals surface area contributed by atoms with E-state index in [9.17, 15) is 0 Å². The minimum atomic E-state index is 0.511. The van der Waals surface area contributed by atoms with Crippen molar-refractivity contribution in [1.29, 1.82) is 0 Å². The summed E-state index contributed by atoms with van der Waals surface area (Å²) in [5, 5.41) is 11.0. The number of para-hydroxylation sites is 1. The average molecular weight is 478 g/mol. The number of rotatable bonds is 4. The number of fused-ring (bicyclic) bond motifs is 3. The van der Waals surface area contributed by atoms with Crippen LogP contribution in [0.2, 0.25) is 0 Å². The van der Waals surface area contributed by atoms with E-state index in [0.717, 1.165) is 16.8 Å². The average Bonchev–Trinajstić information content (AvgIpc) is 3.57. The van der Waals surface area contributed by atoms with E-state index in [1.807, 2.05) is 36.4 Å². The SMILES string of the molecule is Cc1ccc(-c2nnc(-c3ccc(-n4c5ccccc5c5cc(-c6ccccc6)ccc54)cc3)o2)cc1. The van der Waals surface area contributed by atoms with Crippen molar-refractivity contribution in [2.45, 2.75) is 6.92 Å². The smallest absolute Gasteiger partial charge is 0.248 e. The highest BCUT2D eigenvalue weighted by molar-refractivity contribution is 6.10. The second kappa shape index (κ2) is 8.61. The first kappa shape index (κ1) is 21.3. The lowest BCUT2D eigenvalue weighted by Crippen LogP contribution is -1.93. The molecule has 0 saturated carbocycles. The van der Waals surface area contributed by atoms with Crippen molar-refractivity contribution in [2.24, 2.45) is 0 Å². The second-order valence-corrected chi connectivity index (χ2v) is 9.28. The first-order chi connectivity index (χ1) is 18.2. The maximum atomic E-state index is 5.99. The number of aryl methyl sites for hydroxylation is 1. The lowest BCUT2D eigenvalue weighted by molar-refractivity contribution is 0.584. The van der Waals surface area contributed by atoms with Crippen LogP contribution in [0.4, 0.5) is 0 Å². The van der Waals surface area contributed by atoms with Crippen molar-refractivity contribution in [3.05, 3.63) is 127 Å². The Morgan fingerprint density at radius 2 is 1.11 bits per heavy atom. The van der Waals surface area contributed by atoms with E-state index in [-0.39, 0.29) is 0 Å². The van der Waals surface area contributed by atoms with Gasteiger partial charge in [-0.05, 0) is 72.6 Å². The molecular weight excluding hydrogens is 454 g/mol. The molecule has 0 fully saturated rings. The van der Waals surface area contributed by atoms with Gasteiger partial charge in [0.25, 0.3) is 0 Å². The molecule has 176 valence electrons. The van der Waals surface area contributed by atoms with Gasteiger partial charge in [0.05, 0.1) is 11.0 Å². The summed E-state index contributed by atoms with van der Waals surface area (Å²) in [5.74, 6) is 1.03. The van der Waals surface area contributed by atoms with Crippen LogP contribution in [0.25, 0.3) is 61.5 Å². The summed E-state index contributed by atoms with van der Waals surface area (Å²) < 4.78 is 8.31. The normalized spacial score (nSPS) is 11.4. The van der Waals surface area contributed by atoms with Crippen LogP contribution in [0.3, 0.4) is 0 Å². The van der Waals surface area contributed by atoms with Gasteiger partial charge in [0, 0.05) is 27.6 Å². The zero-order chi connectivity index (χ0) is 24.8. The fourth-order valence-electron chi connectivity index (χ4n) is 4.97. The quantitative estimate of drug-likeness (QED) is 0.255. The largest absolute Gasteiger partial charge is 0.416 e. The molecule has 0 atom stereocenters. The van der Waals surface area contributed by atoms with Crippen LogP contribution in [0.15, 0.2) is 126 Å². The Kier molecular flexibility index (Phi) is 4.96. The molecule has 0 bridgehead atoms. The molecule has 2 aromatic heterocycles. The summed E-state index contributed by atoms with van der Waals surface area (Å²) in [4.78, 5) is 0. The zero-order valence-electron chi connectivity index (χ0n) is 20.3. The van der Waals surface area contributed by atoms with Gasteiger partial charge in [0.2, 0.25) is 11.8 Å². The highest BCUT2D eigenvalue weighted by atomic mass is 16.4. The molecule has 0 aliphatic heterocycles. The van der Waals surface area contributed by atoms with Crippen LogP contribution in [-0.2, 0) is 0 Å². The van der Waals surface area contributed by atoms with Crippen LogP contribution >= 0.6 is 0 Å². The van der Waals surface area contributed by atoms with Gasteiger partial charge in [0.1, 0.15) is 0 Å². The second-order valence-electron chi connectivity index (χ2n) is 9.28. The number of hydrogen-bond acceptors (Lipinski definition) is 3. The van der Waals surface area contributed by atoms with E-state index < -0.39 is 0 Å².